The molecule has 0 rings (SSSR count). The third-order valence-corrected chi connectivity index (χ3v) is 0.905. The average Bonchev–Trinajstić information content (AvgIpc) is 2.42. The maximum atomic E-state index is 8.08. The Labute approximate surface area is 117 Å². The van der Waals surface area contributed by atoms with Crippen LogP contribution < -0.4 is 0 Å². The van der Waals surface area contributed by atoms with Crippen molar-refractivity contribution < 1.29 is 31.0 Å². The smallest absolute Gasteiger partial charge is 0 e. The van der Waals surface area contributed by atoms with Crippen LogP contribution in [0.2, 0.25) is 0 Å². The van der Waals surface area contributed by atoms with Gasteiger partial charge in [0.2, 0.25) is 0 Å². The second-order valence-corrected chi connectivity index (χ2v) is 1.82. The van der Waals surface area contributed by atoms with E-state index < -0.39 is 0 Å². The second-order valence-electron chi connectivity index (χ2n) is 1.82. The van der Waals surface area contributed by atoms with E-state index in [2.05, 4.69) is 30.0 Å². The van der Waals surface area contributed by atoms with Crippen molar-refractivity contribution in [2.24, 2.45) is 5.11 Å². The van der Waals surface area contributed by atoms with Gasteiger partial charge in [0.15, 0.2) is 0 Å². The normalized spacial score (nSPS) is 7.22. The Kier molecular flexibility index (Phi) is 75.1. The van der Waals surface area contributed by atoms with Crippen LogP contribution >= 0.6 is 0 Å². The van der Waals surface area contributed by atoms with Gasteiger partial charge in [-0.15, -0.1) is 0 Å². The summed E-state index contributed by atoms with van der Waals surface area (Å²) in [6.07, 6.45) is 6.30. The molecule has 94 valence electrons. The molecule has 0 amide bonds. The van der Waals surface area contributed by atoms with E-state index in [0.717, 1.165) is 0 Å². The summed E-state index contributed by atoms with van der Waals surface area (Å²) in [5.74, 6) is 0. The molecule has 7 nitrogen and oxygen atoms in total. The molecule has 0 N–H and O–H groups in total. The van der Waals surface area contributed by atoms with Gasteiger partial charge in [0.25, 0.3) is 0 Å². The Hall–Kier alpha value is -1.46. The Morgan fingerprint density at radius 3 is 2.00 bits per heavy atom. The maximum Gasteiger partial charge on any atom is 0 e. The van der Waals surface area contributed by atoms with E-state index in [1.807, 2.05) is 6.07 Å². The molecule has 0 saturated heterocycles. The molecule has 0 fully saturated rings. The van der Waals surface area contributed by atoms with Crippen LogP contribution in [0, 0.1) is 57.0 Å². The van der Waals surface area contributed by atoms with E-state index in [-0.39, 0.29) is 23.1 Å². The Bertz CT molecular complexity index is 275. The first kappa shape index (κ1) is 30.0. The van der Waals surface area contributed by atoms with Crippen molar-refractivity contribution in [2.45, 2.75) is 13.0 Å². The maximum absolute atomic E-state index is 8.08. The van der Waals surface area contributed by atoms with E-state index in [0.29, 0.717) is 0 Å². The molecule has 18 heavy (non-hydrogen) atoms. The van der Waals surface area contributed by atoms with Crippen molar-refractivity contribution in [1.82, 2.24) is 0 Å². The number of hydrogen-bond donors (Lipinski definition) is 0. The summed E-state index contributed by atoms with van der Waals surface area (Å²) in [7, 11) is 0. The zero-order chi connectivity index (χ0) is 14.5. The van der Waals surface area contributed by atoms with Crippen LogP contribution in [0.1, 0.15) is 6.92 Å². The summed E-state index contributed by atoms with van der Waals surface area (Å²) >= 11 is 0. The quantitative estimate of drug-likeness (QED) is 0.143. The topological polar surface area (TPSA) is 132 Å². The fraction of sp³-hybridized carbons (Fsp3) is 0.200. The third kappa shape index (κ3) is 46.9. The minimum Gasteiger partial charge on any atom is 0 e. The van der Waals surface area contributed by atoms with E-state index in [4.69, 9.17) is 24.7 Å². The molecule has 0 aromatic carbocycles. The standard InChI is InChI=1S/C7H8N4.3CO.Fe/c1-7(10-11-9)5-3-2-4-6-8;3*1-2;/h2-5,7H,1H3;;;;/t7-;;;;/m1..../s1. The van der Waals surface area contributed by atoms with Gasteiger partial charge in [-0.1, -0.05) is 12.0 Å². The molecular formula is C10H8FeN4O3. The van der Waals surface area contributed by atoms with Gasteiger partial charge < -0.3 is 0 Å². The molecule has 0 bridgehead atoms. The van der Waals surface area contributed by atoms with Gasteiger partial charge in [-0.2, -0.15) is 5.26 Å². The minimum atomic E-state index is -0.164. The monoisotopic (exact) mass is 288 g/mol. The fourth-order valence-corrected chi connectivity index (χ4v) is 0.443. The molecule has 4 radical (unpaired) electrons. The SMILES string of the molecule is C[C@H]([CH][CH][CH][CH]C#N)N=[N+]=[N-].[C-]#[O+].[C-]#[O+].[C-]#[O+].[Fe]. The molecule has 0 aromatic rings. The average molecular weight is 288 g/mol. The largest absolute Gasteiger partial charge is 0 e. The molecule has 0 heterocycles. The first-order valence-electron chi connectivity index (χ1n) is 3.69. The van der Waals surface area contributed by atoms with E-state index >= 15 is 0 Å². The molecular weight excluding hydrogens is 280 g/mol. The number of nitriles is 1. The number of hydrogen-bond acceptors (Lipinski definition) is 2. The first-order valence-corrected chi connectivity index (χ1v) is 3.69. The number of nitrogens with zero attached hydrogens (tertiary/aromatic N) is 4. The van der Waals surface area contributed by atoms with Crippen LogP contribution in [-0.4, -0.2) is 6.04 Å². The van der Waals surface area contributed by atoms with Gasteiger partial charge in [-0.05, 0) is 24.8 Å². The first-order chi connectivity index (χ1) is 8.31. The molecule has 1 atom stereocenters. The number of unbranched alkanes of at least 4 members (excludes halogenated alkanes) is 2. The van der Waals surface area contributed by atoms with Crippen molar-refractivity contribution >= 4 is 0 Å². The number of rotatable bonds is 5. The second kappa shape index (κ2) is 45.0. The van der Waals surface area contributed by atoms with E-state index in [1.165, 1.54) is 6.42 Å². The van der Waals surface area contributed by atoms with Crippen LogP contribution in [0.25, 0.3) is 10.4 Å². The molecule has 0 saturated carbocycles. The zero-order valence-electron chi connectivity index (χ0n) is 9.25. The molecule has 0 unspecified atom stereocenters. The molecule has 0 aliphatic carbocycles. The van der Waals surface area contributed by atoms with Crippen LogP contribution in [0.15, 0.2) is 5.11 Å². The summed E-state index contributed by atoms with van der Waals surface area (Å²) in [4.78, 5) is 2.62. The van der Waals surface area contributed by atoms with Crippen molar-refractivity contribution in [2.75, 3.05) is 0 Å². The van der Waals surface area contributed by atoms with Crippen molar-refractivity contribution in [3.05, 3.63) is 56.1 Å². The summed E-state index contributed by atoms with van der Waals surface area (Å²) in [6.45, 7) is 15.3. The van der Waals surface area contributed by atoms with Gasteiger partial charge in [0, 0.05) is 28.0 Å². The Balaban J connectivity index is -0.0000000700. The Morgan fingerprint density at radius 2 is 1.67 bits per heavy atom. The van der Waals surface area contributed by atoms with Gasteiger partial charge in [-0.3, -0.25) is 0 Å². The predicted octanol–water partition coefficient (Wildman–Crippen LogP) is 1.91. The van der Waals surface area contributed by atoms with Crippen molar-refractivity contribution in [1.29, 1.82) is 5.26 Å². The summed E-state index contributed by atoms with van der Waals surface area (Å²) < 4.78 is 22.5. The molecule has 0 aromatic heterocycles. The third-order valence-electron chi connectivity index (χ3n) is 0.905. The van der Waals surface area contributed by atoms with Gasteiger partial charge in [0.05, 0.1) is 12.5 Å². The molecule has 8 heteroatoms. The predicted molar refractivity (Wildman–Crippen MR) is 53.2 cm³/mol. The van der Waals surface area contributed by atoms with Crippen molar-refractivity contribution in [3.63, 3.8) is 0 Å². The zero-order valence-corrected chi connectivity index (χ0v) is 10.4. The summed E-state index contributed by atoms with van der Waals surface area (Å²) in [6, 6.07) is 1.67. The van der Waals surface area contributed by atoms with Crippen LogP contribution in [-0.2, 0) is 31.0 Å². The summed E-state index contributed by atoms with van der Waals surface area (Å²) in [5.41, 5.74) is 7.99. The molecule has 0 aliphatic heterocycles. The Morgan fingerprint density at radius 1 is 1.22 bits per heavy atom. The summed E-state index contributed by atoms with van der Waals surface area (Å²) in [5, 5.41) is 11.5. The van der Waals surface area contributed by atoms with Crippen LogP contribution in [0.3, 0.4) is 0 Å². The van der Waals surface area contributed by atoms with Gasteiger partial charge in [-0.25, -0.2) is 0 Å². The number of azide groups is 1. The van der Waals surface area contributed by atoms with Crippen LogP contribution in [0.5, 0.6) is 0 Å². The molecule has 0 spiro atoms. The van der Waals surface area contributed by atoms with Gasteiger partial charge in [0.1, 0.15) is 0 Å². The minimum absolute atomic E-state index is 0. The van der Waals surface area contributed by atoms with E-state index in [1.54, 1.807) is 26.2 Å². The molecule has 0 aliphatic rings. The van der Waals surface area contributed by atoms with E-state index in [9.17, 15) is 0 Å². The van der Waals surface area contributed by atoms with Crippen molar-refractivity contribution in [3.8, 4) is 6.07 Å². The van der Waals surface area contributed by atoms with Gasteiger partial charge >= 0.3 is 33.9 Å². The fourth-order valence-electron chi connectivity index (χ4n) is 0.443. The van der Waals surface area contributed by atoms with Crippen LogP contribution in [0.4, 0.5) is 0 Å².